The second kappa shape index (κ2) is 8.51. The Hall–Kier alpha value is -3.45. The van der Waals surface area contributed by atoms with Crippen molar-refractivity contribution in [1.29, 1.82) is 0 Å². The second-order valence-electron chi connectivity index (χ2n) is 7.14. The summed E-state index contributed by atoms with van der Waals surface area (Å²) in [6, 6.07) is 17.6. The van der Waals surface area contributed by atoms with Crippen LogP contribution >= 0.6 is 11.3 Å². The first-order valence-electron chi connectivity index (χ1n) is 9.66. The predicted octanol–water partition coefficient (Wildman–Crippen LogP) is 4.17. The van der Waals surface area contributed by atoms with Gasteiger partial charge in [0.25, 0.3) is 17.7 Å². The highest BCUT2D eigenvalue weighted by atomic mass is 32.1. The zero-order valence-electron chi connectivity index (χ0n) is 16.4. The Balaban J connectivity index is 1.48. The van der Waals surface area contributed by atoms with Crippen molar-refractivity contribution in [3.8, 4) is 0 Å². The van der Waals surface area contributed by atoms with Crippen LogP contribution in [0.1, 0.15) is 43.2 Å². The lowest BCUT2D eigenvalue weighted by Crippen LogP contribution is -2.28. The Morgan fingerprint density at radius 3 is 2.33 bits per heavy atom. The number of nitrogens with zero attached hydrogens (tertiary/aromatic N) is 1. The van der Waals surface area contributed by atoms with Gasteiger partial charge in [0.05, 0.1) is 16.1 Å². The molecule has 3 aromatic rings. The number of carbonyl (C=O) groups excluding carboxylic acids is 3. The topological polar surface area (TPSA) is 78.5 Å². The van der Waals surface area contributed by atoms with E-state index in [0.717, 1.165) is 12.8 Å². The third kappa shape index (κ3) is 4.41. The molecule has 7 heteroatoms. The highest BCUT2D eigenvalue weighted by Crippen LogP contribution is 2.24. The van der Waals surface area contributed by atoms with Gasteiger partial charge in [-0.15, -0.1) is 11.3 Å². The Labute approximate surface area is 178 Å². The monoisotopic (exact) mass is 419 g/mol. The molecule has 0 radical (unpaired) electrons. The van der Waals surface area contributed by atoms with Gasteiger partial charge >= 0.3 is 0 Å². The maximum Gasteiger partial charge on any atom is 0.268 e. The molecule has 0 bridgehead atoms. The van der Waals surface area contributed by atoms with Crippen LogP contribution in [0.4, 0.5) is 11.4 Å². The quantitative estimate of drug-likeness (QED) is 0.629. The molecule has 6 nitrogen and oxygen atoms in total. The first-order valence-corrected chi connectivity index (χ1v) is 10.5. The normalized spacial score (nSPS) is 12.8. The van der Waals surface area contributed by atoms with Gasteiger partial charge in [0.1, 0.15) is 0 Å². The van der Waals surface area contributed by atoms with Crippen molar-refractivity contribution >= 4 is 40.4 Å². The van der Waals surface area contributed by atoms with E-state index in [2.05, 4.69) is 10.6 Å². The van der Waals surface area contributed by atoms with Gasteiger partial charge in [0.15, 0.2) is 0 Å². The molecule has 1 aliphatic carbocycles. The molecular formula is C23H21N3O3S. The number of carbonyl (C=O) groups is 3. The van der Waals surface area contributed by atoms with E-state index in [9.17, 15) is 14.4 Å². The van der Waals surface area contributed by atoms with Gasteiger partial charge in [-0.25, -0.2) is 0 Å². The van der Waals surface area contributed by atoms with E-state index in [-0.39, 0.29) is 17.7 Å². The predicted molar refractivity (Wildman–Crippen MR) is 118 cm³/mol. The second-order valence-corrected chi connectivity index (χ2v) is 8.09. The molecule has 1 aromatic heterocycles. The largest absolute Gasteiger partial charge is 0.349 e. The van der Waals surface area contributed by atoms with E-state index >= 15 is 0 Å². The van der Waals surface area contributed by atoms with E-state index in [1.54, 1.807) is 61.6 Å². The average Bonchev–Trinajstić information content (AvgIpc) is 3.41. The summed E-state index contributed by atoms with van der Waals surface area (Å²) in [5.74, 6) is -0.600. The Kier molecular flexibility index (Phi) is 5.63. The number of rotatable bonds is 6. The number of benzene rings is 2. The summed E-state index contributed by atoms with van der Waals surface area (Å²) in [4.78, 5) is 39.8. The fraction of sp³-hybridized carbons (Fsp3) is 0.174. The Bertz CT molecular complexity index is 1070. The van der Waals surface area contributed by atoms with Crippen LogP contribution in [0.3, 0.4) is 0 Å². The summed E-state index contributed by atoms with van der Waals surface area (Å²) in [7, 11) is 1.65. The van der Waals surface area contributed by atoms with Crippen molar-refractivity contribution in [3.63, 3.8) is 0 Å². The van der Waals surface area contributed by atoms with Crippen LogP contribution in [0.15, 0.2) is 66.0 Å². The van der Waals surface area contributed by atoms with Crippen molar-refractivity contribution in [2.75, 3.05) is 17.3 Å². The Morgan fingerprint density at radius 2 is 1.67 bits per heavy atom. The average molecular weight is 420 g/mol. The van der Waals surface area contributed by atoms with Crippen LogP contribution in [0.25, 0.3) is 0 Å². The maximum absolute atomic E-state index is 12.9. The van der Waals surface area contributed by atoms with Crippen molar-refractivity contribution in [1.82, 2.24) is 5.32 Å². The number of para-hydroxylation sites is 1. The van der Waals surface area contributed by atoms with Gasteiger partial charge in [0, 0.05) is 24.3 Å². The lowest BCUT2D eigenvalue weighted by atomic mass is 10.1. The van der Waals surface area contributed by atoms with E-state index in [4.69, 9.17) is 0 Å². The molecule has 152 valence electrons. The van der Waals surface area contributed by atoms with E-state index in [1.165, 1.54) is 16.2 Å². The van der Waals surface area contributed by atoms with Crippen molar-refractivity contribution < 1.29 is 14.4 Å². The lowest BCUT2D eigenvalue weighted by Gasteiger charge is -2.20. The first kappa shape index (κ1) is 19.8. The summed E-state index contributed by atoms with van der Waals surface area (Å²) in [6.07, 6.45) is 2.06. The zero-order valence-corrected chi connectivity index (χ0v) is 17.2. The van der Waals surface area contributed by atoms with Crippen molar-refractivity contribution in [2.45, 2.75) is 18.9 Å². The molecule has 1 heterocycles. The minimum atomic E-state index is -0.327. The molecule has 1 saturated carbocycles. The molecule has 0 saturated heterocycles. The number of thiophene rings is 1. The van der Waals surface area contributed by atoms with Crippen LogP contribution < -0.4 is 15.5 Å². The minimum absolute atomic E-state index is 0.102. The molecule has 2 N–H and O–H groups in total. The number of nitrogens with one attached hydrogen (secondary N) is 2. The summed E-state index contributed by atoms with van der Waals surface area (Å²) in [5.41, 5.74) is 2.04. The molecule has 0 unspecified atom stereocenters. The van der Waals surface area contributed by atoms with Crippen LogP contribution in [-0.4, -0.2) is 30.8 Å². The third-order valence-electron chi connectivity index (χ3n) is 4.86. The summed E-state index contributed by atoms with van der Waals surface area (Å²) < 4.78 is 0. The van der Waals surface area contributed by atoms with Gasteiger partial charge in [-0.2, -0.15) is 0 Å². The molecular weight excluding hydrogens is 398 g/mol. The standard InChI is InChI=1S/C23H21N3O3S/c1-26(23(29)20-7-4-14-30-20)19-6-3-2-5-18(19)22(28)25-16-10-8-15(9-11-16)21(27)24-17-12-13-17/h2-11,14,17H,12-13H2,1H3,(H,24,27)(H,25,28). The van der Waals surface area contributed by atoms with E-state index in [1.807, 2.05) is 11.4 Å². The highest BCUT2D eigenvalue weighted by molar-refractivity contribution is 7.12. The fourth-order valence-corrected chi connectivity index (χ4v) is 3.73. The Morgan fingerprint density at radius 1 is 0.933 bits per heavy atom. The summed E-state index contributed by atoms with van der Waals surface area (Å²) >= 11 is 1.36. The first-order chi connectivity index (χ1) is 14.5. The van der Waals surface area contributed by atoms with Gasteiger partial charge in [-0.3, -0.25) is 14.4 Å². The van der Waals surface area contributed by atoms with Gasteiger partial charge in [-0.1, -0.05) is 18.2 Å². The molecule has 0 atom stereocenters. The highest BCUT2D eigenvalue weighted by Gasteiger charge is 2.24. The molecule has 0 aliphatic heterocycles. The fourth-order valence-electron chi connectivity index (χ4n) is 3.03. The van der Waals surface area contributed by atoms with Gasteiger partial charge in [-0.05, 0) is 60.7 Å². The molecule has 4 rings (SSSR count). The number of amides is 3. The smallest absolute Gasteiger partial charge is 0.268 e. The molecule has 3 amide bonds. The molecule has 0 spiro atoms. The van der Waals surface area contributed by atoms with Crippen LogP contribution in [-0.2, 0) is 0 Å². The minimum Gasteiger partial charge on any atom is -0.349 e. The SMILES string of the molecule is CN(C(=O)c1cccs1)c1ccccc1C(=O)Nc1ccc(C(=O)NC2CC2)cc1. The van der Waals surface area contributed by atoms with Crippen LogP contribution in [0.5, 0.6) is 0 Å². The molecule has 1 aliphatic rings. The number of hydrogen-bond donors (Lipinski definition) is 2. The molecule has 2 aromatic carbocycles. The zero-order chi connectivity index (χ0) is 21.1. The van der Waals surface area contributed by atoms with Gasteiger partial charge < -0.3 is 15.5 Å². The molecule has 1 fully saturated rings. The third-order valence-corrected chi connectivity index (χ3v) is 5.72. The van der Waals surface area contributed by atoms with E-state index in [0.29, 0.717) is 33.4 Å². The van der Waals surface area contributed by atoms with Crippen molar-refractivity contribution in [2.24, 2.45) is 0 Å². The molecule has 30 heavy (non-hydrogen) atoms. The maximum atomic E-state index is 12.9. The number of anilines is 2. The lowest BCUT2D eigenvalue weighted by molar-refractivity contribution is 0.0949. The van der Waals surface area contributed by atoms with Gasteiger partial charge in [0.2, 0.25) is 0 Å². The summed E-state index contributed by atoms with van der Waals surface area (Å²) in [5, 5.41) is 7.62. The van der Waals surface area contributed by atoms with Crippen molar-refractivity contribution in [3.05, 3.63) is 82.0 Å². The summed E-state index contributed by atoms with van der Waals surface area (Å²) in [6.45, 7) is 0. The van der Waals surface area contributed by atoms with Crippen LogP contribution in [0, 0.1) is 0 Å². The van der Waals surface area contributed by atoms with Crippen LogP contribution in [0.2, 0.25) is 0 Å². The number of hydrogen-bond acceptors (Lipinski definition) is 4. The van der Waals surface area contributed by atoms with E-state index < -0.39 is 0 Å².